The number of hydrogen-bond donors (Lipinski definition) is 0. The van der Waals surface area contributed by atoms with E-state index in [4.69, 9.17) is 11.6 Å². The third-order valence-corrected chi connectivity index (χ3v) is 5.50. The quantitative estimate of drug-likeness (QED) is 0.458. The molecule has 8 nitrogen and oxygen atoms in total. The predicted molar refractivity (Wildman–Crippen MR) is 105 cm³/mol. The van der Waals surface area contributed by atoms with Gasteiger partial charge in [-0.1, -0.05) is 17.7 Å². The van der Waals surface area contributed by atoms with Crippen LogP contribution >= 0.6 is 11.6 Å². The molecule has 4 heterocycles. The van der Waals surface area contributed by atoms with Gasteiger partial charge in [-0.3, -0.25) is 9.55 Å². The van der Waals surface area contributed by atoms with Crippen LogP contribution in [0.2, 0.25) is 5.02 Å². The summed E-state index contributed by atoms with van der Waals surface area (Å²) < 4.78 is 43.5. The molecule has 1 atom stereocenters. The summed E-state index contributed by atoms with van der Waals surface area (Å²) in [5, 5.41) is 16.4. The zero-order valence-corrected chi connectivity index (χ0v) is 17.0. The molecule has 158 valence electrons. The minimum absolute atomic E-state index is 0.152. The fourth-order valence-electron chi connectivity index (χ4n) is 3.65. The van der Waals surface area contributed by atoms with E-state index in [1.807, 2.05) is 18.4 Å². The Morgan fingerprint density at radius 2 is 1.68 bits per heavy atom. The van der Waals surface area contributed by atoms with E-state index >= 15 is 0 Å². The molecule has 1 aliphatic heterocycles. The number of aromatic nitrogens is 8. The summed E-state index contributed by atoms with van der Waals surface area (Å²) in [6.07, 6.45) is -1.32. The van der Waals surface area contributed by atoms with Crippen LogP contribution in [0.4, 0.5) is 13.2 Å². The minimum Gasteiger partial charge on any atom is -0.301 e. The lowest BCUT2D eigenvalue weighted by Crippen LogP contribution is -2.22. The molecule has 4 aromatic rings. The van der Waals surface area contributed by atoms with Crippen LogP contribution in [0.5, 0.6) is 0 Å². The lowest BCUT2D eigenvalue weighted by atomic mass is 10.1. The van der Waals surface area contributed by atoms with Gasteiger partial charge in [0.2, 0.25) is 11.6 Å². The van der Waals surface area contributed by atoms with E-state index < -0.39 is 16.8 Å². The molecule has 0 saturated heterocycles. The minimum atomic E-state index is -4.58. The van der Waals surface area contributed by atoms with Gasteiger partial charge in [-0.05, 0) is 26.0 Å². The first-order chi connectivity index (χ1) is 14.8. The molecular formula is C19H14ClF3N8. The largest absolute Gasteiger partial charge is 0.417 e. The molecule has 0 bridgehead atoms. The van der Waals surface area contributed by atoms with Crippen LogP contribution in [0.25, 0.3) is 34.6 Å². The van der Waals surface area contributed by atoms with Crippen molar-refractivity contribution in [3.05, 3.63) is 46.9 Å². The lowest BCUT2D eigenvalue weighted by Gasteiger charge is -2.25. The highest BCUT2D eigenvalue weighted by molar-refractivity contribution is 6.34. The molecule has 0 aliphatic carbocycles. The molecule has 0 saturated carbocycles. The van der Waals surface area contributed by atoms with Crippen molar-refractivity contribution in [2.45, 2.75) is 32.6 Å². The molecule has 0 radical (unpaired) electrons. The van der Waals surface area contributed by atoms with Gasteiger partial charge in [0.1, 0.15) is 5.69 Å². The maximum Gasteiger partial charge on any atom is 0.417 e. The second-order valence-electron chi connectivity index (χ2n) is 7.23. The Morgan fingerprint density at radius 1 is 0.968 bits per heavy atom. The first kappa shape index (κ1) is 19.6. The Balaban J connectivity index is 1.64. The van der Waals surface area contributed by atoms with Gasteiger partial charge in [-0.25, -0.2) is 4.98 Å². The molecule has 12 heteroatoms. The molecule has 5 rings (SSSR count). The topological polar surface area (TPSA) is 87.2 Å². The second-order valence-corrected chi connectivity index (χ2v) is 7.61. The summed E-state index contributed by atoms with van der Waals surface area (Å²) in [6.45, 7) is 4.19. The highest BCUT2D eigenvalue weighted by Crippen LogP contribution is 2.41. The summed E-state index contributed by atoms with van der Waals surface area (Å²) >= 11 is 6.12. The standard InChI is InChI=1S/C19H14ClF3N8/c1-9-6-25-13(7-24-9)16-27-28-17-18-29-26-15(31(18)10(2)8-30(16)17)11-4-3-5-12(14(11)20)19(21,22)23/h3-7,10H,8H2,1-2H3. The van der Waals surface area contributed by atoms with Crippen LogP contribution < -0.4 is 0 Å². The van der Waals surface area contributed by atoms with Gasteiger partial charge in [-0.2, -0.15) is 13.2 Å². The lowest BCUT2D eigenvalue weighted by molar-refractivity contribution is -0.137. The first-order valence-corrected chi connectivity index (χ1v) is 9.67. The fourth-order valence-corrected chi connectivity index (χ4v) is 3.97. The fraction of sp³-hybridized carbons (Fsp3) is 0.263. The average Bonchev–Trinajstić information content (AvgIpc) is 3.33. The number of aryl methyl sites for hydroxylation is 1. The molecule has 3 aromatic heterocycles. The third-order valence-electron chi connectivity index (χ3n) is 5.09. The Kier molecular flexibility index (Phi) is 4.33. The van der Waals surface area contributed by atoms with Crippen molar-refractivity contribution >= 4 is 11.6 Å². The molecule has 31 heavy (non-hydrogen) atoms. The van der Waals surface area contributed by atoms with Gasteiger partial charge < -0.3 is 4.57 Å². The first-order valence-electron chi connectivity index (χ1n) is 9.29. The van der Waals surface area contributed by atoms with Crippen LogP contribution in [0, 0.1) is 6.92 Å². The van der Waals surface area contributed by atoms with Crippen molar-refractivity contribution in [1.29, 1.82) is 0 Å². The molecule has 0 fully saturated rings. The van der Waals surface area contributed by atoms with Crippen LogP contribution in [-0.2, 0) is 12.7 Å². The molecule has 0 N–H and O–H groups in total. The molecule has 1 aliphatic rings. The summed E-state index contributed by atoms with van der Waals surface area (Å²) in [7, 11) is 0. The summed E-state index contributed by atoms with van der Waals surface area (Å²) in [5.41, 5.74) is 0.569. The van der Waals surface area contributed by atoms with E-state index in [9.17, 15) is 13.2 Å². The number of halogens is 4. The van der Waals surface area contributed by atoms with E-state index in [1.54, 1.807) is 17.0 Å². The highest BCUT2D eigenvalue weighted by atomic mass is 35.5. The Labute approximate surface area is 178 Å². The van der Waals surface area contributed by atoms with Crippen molar-refractivity contribution in [2.75, 3.05) is 0 Å². The van der Waals surface area contributed by atoms with Gasteiger partial charge in [0.25, 0.3) is 0 Å². The SMILES string of the molecule is Cc1cnc(-c2nnc3n2CC(C)n2c(-c4cccc(C(F)(F)F)c4Cl)nnc2-3)cn1. The normalized spacial score (nSPS) is 15.6. The van der Waals surface area contributed by atoms with E-state index in [0.717, 1.165) is 11.8 Å². The van der Waals surface area contributed by atoms with Crippen molar-refractivity contribution in [3.63, 3.8) is 0 Å². The second kappa shape index (κ2) is 6.84. The Morgan fingerprint density at radius 3 is 2.39 bits per heavy atom. The van der Waals surface area contributed by atoms with Crippen LogP contribution in [0.3, 0.4) is 0 Å². The zero-order chi connectivity index (χ0) is 21.9. The Bertz CT molecular complexity index is 1290. The van der Waals surface area contributed by atoms with Crippen LogP contribution in [0.15, 0.2) is 30.6 Å². The van der Waals surface area contributed by atoms with Gasteiger partial charge >= 0.3 is 6.18 Å². The number of rotatable bonds is 2. The number of benzene rings is 1. The molecular weight excluding hydrogens is 433 g/mol. The maximum atomic E-state index is 13.3. The summed E-state index contributed by atoms with van der Waals surface area (Å²) in [5.74, 6) is 1.60. The summed E-state index contributed by atoms with van der Waals surface area (Å²) in [6, 6.07) is 3.53. The predicted octanol–water partition coefficient (Wildman–Crippen LogP) is 4.22. The van der Waals surface area contributed by atoms with Crippen molar-refractivity contribution in [3.8, 4) is 34.6 Å². The van der Waals surface area contributed by atoms with Gasteiger partial charge in [0, 0.05) is 18.3 Å². The monoisotopic (exact) mass is 446 g/mol. The van der Waals surface area contributed by atoms with Crippen LogP contribution in [-0.4, -0.2) is 39.5 Å². The van der Waals surface area contributed by atoms with E-state index in [-0.39, 0.29) is 17.4 Å². The smallest absolute Gasteiger partial charge is 0.301 e. The summed E-state index contributed by atoms with van der Waals surface area (Å²) in [4.78, 5) is 8.60. The number of hydrogen-bond acceptors (Lipinski definition) is 6. The Hall–Kier alpha value is -3.34. The molecule has 0 spiro atoms. The van der Waals surface area contributed by atoms with Gasteiger partial charge in [-0.15, -0.1) is 20.4 Å². The number of nitrogens with zero attached hydrogens (tertiary/aromatic N) is 8. The maximum absolute atomic E-state index is 13.3. The van der Waals surface area contributed by atoms with E-state index in [2.05, 4.69) is 30.4 Å². The zero-order valence-electron chi connectivity index (χ0n) is 16.3. The number of fused-ring (bicyclic) bond motifs is 3. The number of alkyl halides is 3. The highest BCUT2D eigenvalue weighted by Gasteiger charge is 2.36. The third kappa shape index (κ3) is 3.07. The van der Waals surface area contributed by atoms with Crippen molar-refractivity contribution in [1.82, 2.24) is 39.5 Å². The molecule has 0 amide bonds. The van der Waals surface area contributed by atoms with Crippen molar-refractivity contribution in [2.24, 2.45) is 0 Å². The molecule has 1 unspecified atom stereocenters. The van der Waals surface area contributed by atoms with E-state index in [1.165, 1.54) is 12.1 Å². The molecule has 1 aromatic carbocycles. The van der Waals surface area contributed by atoms with Gasteiger partial charge in [0.05, 0.1) is 28.5 Å². The van der Waals surface area contributed by atoms with Crippen molar-refractivity contribution < 1.29 is 13.2 Å². The van der Waals surface area contributed by atoms with Gasteiger partial charge in [0.15, 0.2) is 11.6 Å². The average molecular weight is 447 g/mol. The van der Waals surface area contributed by atoms with E-state index in [0.29, 0.717) is 29.7 Å². The van der Waals surface area contributed by atoms with Crippen LogP contribution in [0.1, 0.15) is 24.2 Å².